The van der Waals surface area contributed by atoms with Crippen LogP contribution in [0.5, 0.6) is 0 Å². The lowest BCUT2D eigenvalue weighted by atomic mass is 9.74. The van der Waals surface area contributed by atoms with Crippen LogP contribution in [-0.4, -0.2) is 5.78 Å². The molecular weight excluding hydrogens is 184 g/mol. The van der Waals surface area contributed by atoms with Crippen LogP contribution in [0.25, 0.3) is 0 Å². The molecule has 15 heavy (non-hydrogen) atoms. The van der Waals surface area contributed by atoms with Crippen molar-refractivity contribution in [1.29, 1.82) is 0 Å². The number of hydrogen-bond acceptors (Lipinski definition) is 1. The van der Waals surface area contributed by atoms with Crippen molar-refractivity contribution >= 4 is 5.78 Å². The van der Waals surface area contributed by atoms with Gasteiger partial charge in [-0.1, -0.05) is 11.1 Å². The molecule has 0 aromatic heterocycles. The standard InChI is InChI=1S/C14H18O/c1-8-6-11-12(15)7-14(4-5-14)10(3)13(11)9(8)2/h11H,4-7H2,1-3H3. The quantitative estimate of drug-likeness (QED) is 0.588. The van der Waals surface area contributed by atoms with Crippen LogP contribution in [0.4, 0.5) is 0 Å². The topological polar surface area (TPSA) is 17.1 Å². The number of fused-ring (bicyclic) bond motifs is 1. The maximum Gasteiger partial charge on any atom is 0.141 e. The monoisotopic (exact) mass is 202 g/mol. The van der Waals surface area contributed by atoms with Crippen LogP contribution in [0.2, 0.25) is 0 Å². The molecule has 3 aliphatic rings. The third kappa shape index (κ3) is 1.07. The van der Waals surface area contributed by atoms with Crippen molar-refractivity contribution in [3.8, 4) is 0 Å². The number of carbonyl (C=O) groups excluding carboxylic acids is 1. The summed E-state index contributed by atoms with van der Waals surface area (Å²) in [6, 6.07) is 0. The first-order valence-corrected chi connectivity index (χ1v) is 5.96. The minimum atomic E-state index is 0.233. The Hall–Kier alpha value is -0.850. The summed E-state index contributed by atoms with van der Waals surface area (Å²) >= 11 is 0. The van der Waals surface area contributed by atoms with Crippen molar-refractivity contribution in [2.75, 3.05) is 0 Å². The van der Waals surface area contributed by atoms with Crippen molar-refractivity contribution in [3.63, 3.8) is 0 Å². The van der Waals surface area contributed by atoms with E-state index in [1.807, 2.05) is 0 Å². The first-order valence-electron chi connectivity index (χ1n) is 5.96. The van der Waals surface area contributed by atoms with Gasteiger partial charge in [0.2, 0.25) is 0 Å². The predicted molar refractivity (Wildman–Crippen MR) is 60.5 cm³/mol. The van der Waals surface area contributed by atoms with E-state index in [2.05, 4.69) is 20.8 Å². The van der Waals surface area contributed by atoms with Gasteiger partial charge in [0.1, 0.15) is 5.78 Å². The molecule has 0 aliphatic heterocycles. The molecule has 1 unspecified atom stereocenters. The maximum absolute atomic E-state index is 12.1. The second kappa shape index (κ2) is 2.63. The van der Waals surface area contributed by atoms with Gasteiger partial charge in [0.15, 0.2) is 0 Å². The molecule has 1 fully saturated rings. The average Bonchev–Trinajstić information content (AvgIpc) is 2.88. The van der Waals surface area contributed by atoms with Gasteiger partial charge < -0.3 is 0 Å². The van der Waals surface area contributed by atoms with E-state index >= 15 is 0 Å². The normalized spacial score (nSPS) is 32.7. The molecule has 3 aliphatic carbocycles. The molecule has 0 bridgehead atoms. The fourth-order valence-corrected chi connectivity index (χ4v) is 3.45. The van der Waals surface area contributed by atoms with Gasteiger partial charge in [-0.3, -0.25) is 4.79 Å². The fraction of sp³-hybridized carbons (Fsp3) is 0.643. The molecule has 0 aromatic carbocycles. The summed E-state index contributed by atoms with van der Waals surface area (Å²) in [5.41, 5.74) is 6.12. The zero-order valence-corrected chi connectivity index (χ0v) is 9.81. The number of rotatable bonds is 0. The Morgan fingerprint density at radius 2 is 1.87 bits per heavy atom. The number of allylic oxidation sites excluding steroid dienone is 4. The van der Waals surface area contributed by atoms with Gasteiger partial charge in [0, 0.05) is 12.3 Å². The van der Waals surface area contributed by atoms with E-state index in [0.717, 1.165) is 12.8 Å². The van der Waals surface area contributed by atoms with Crippen LogP contribution in [-0.2, 0) is 4.79 Å². The minimum absolute atomic E-state index is 0.233. The molecule has 0 amide bonds. The smallest absolute Gasteiger partial charge is 0.141 e. The van der Waals surface area contributed by atoms with Gasteiger partial charge in [-0.15, -0.1) is 0 Å². The lowest BCUT2D eigenvalue weighted by Gasteiger charge is -2.29. The highest BCUT2D eigenvalue weighted by Crippen LogP contribution is 2.61. The van der Waals surface area contributed by atoms with Gasteiger partial charge in [0.25, 0.3) is 0 Å². The van der Waals surface area contributed by atoms with Crippen LogP contribution < -0.4 is 0 Å². The van der Waals surface area contributed by atoms with E-state index in [9.17, 15) is 4.79 Å². The zero-order chi connectivity index (χ0) is 10.8. The van der Waals surface area contributed by atoms with Crippen molar-refractivity contribution in [2.45, 2.75) is 46.5 Å². The predicted octanol–water partition coefficient (Wildman–Crippen LogP) is 3.41. The molecule has 1 saturated carbocycles. The van der Waals surface area contributed by atoms with Crippen molar-refractivity contribution in [2.24, 2.45) is 11.3 Å². The van der Waals surface area contributed by atoms with Crippen molar-refractivity contribution in [1.82, 2.24) is 0 Å². The third-order valence-corrected chi connectivity index (χ3v) is 4.86. The molecule has 80 valence electrons. The minimum Gasteiger partial charge on any atom is -0.299 e. The molecule has 0 heterocycles. The highest BCUT2D eigenvalue weighted by Gasteiger charge is 2.52. The Balaban J connectivity index is 2.17. The molecule has 1 spiro atoms. The molecule has 0 radical (unpaired) electrons. The molecular formula is C14H18O. The van der Waals surface area contributed by atoms with E-state index in [1.165, 1.54) is 29.6 Å². The van der Waals surface area contributed by atoms with Gasteiger partial charge in [-0.05, 0) is 56.6 Å². The summed E-state index contributed by atoms with van der Waals surface area (Å²) in [6.07, 6.45) is 4.31. The first kappa shape index (κ1) is 9.38. The van der Waals surface area contributed by atoms with Gasteiger partial charge >= 0.3 is 0 Å². The summed E-state index contributed by atoms with van der Waals surface area (Å²) < 4.78 is 0. The number of Topliss-reactive ketones (excluding diaryl/α,β-unsaturated/α-hetero) is 1. The van der Waals surface area contributed by atoms with Crippen LogP contribution in [0.15, 0.2) is 22.3 Å². The molecule has 0 saturated heterocycles. The van der Waals surface area contributed by atoms with Crippen LogP contribution >= 0.6 is 0 Å². The highest BCUT2D eigenvalue weighted by molar-refractivity contribution is 5.90. The third-order valence-electron chi connectivity index (χ3n) is 4.86. The maximum atomic E-state index is 12.1. The lowest BCUT2D eigenvalue weighted by molar-refractivity contribution is -0.123. The summed E-state index contributed by atoms with van der Waals surface area (Å²) in [6.45, 7) is 6.65. The molecule has 0 N–H and O–H groups in total. The fourth-order valence-electron chi connectivity index (χ4n) is 3.45. The average molecular weight is 202 g/mol. The van der Waals surface area contributed by atoms with Crippen LogP contribution in [0.3, 0.4) is 0 Å². The van der Waals surface area contributed by atoms with Crippen LogP contribution in [0.1, 0.15) is 46.5 Å². The summed E-state index contributed by atoms with van der Waals surface area (Å²) in [5.74, 6) is 0.737. The molecule has 1 nitrogen and oxygen atoms in total. The summed E-state index contributed by atoms with van der Waals surface area (Å²) in [7, 11) is 0. The Morgan fingerprint density at radius 3 is 2.47 bits per heavy atom. The van der Waals surface area contributed by atoms with Crippen molar-refractivity contribution in [3.05, 3.63) is 22.3 Å². The second-order valence-corrected chi connectivity index (χ2v) is 5.62. The van der Waals surface area contributed by atoms with Gasteiger partial charge in [-0.25, -0.2) is 0 Å². The number of hydrogen-bond donors (Lipinski definition) is 0. The Kier molecular flexibility index (Phi) is 1.65. The Labute approximate surface area is 91.2 Å². The van der Waals surface area contributed by atoms with Gasteiger partial charge in [0.05, 0.1) is 0 Å². The zero-order valence-electron chi connectivity index (χ0n) is 9.81. The van der Waals surface area contributed by atoms with E-state index in [-0.39, 0.29) is 5.92 Å². The molecule has 0 aromatic rings. The van der Waals surface area contributed by atoms with E-state index < -0.39 is 0 Å². The van der Waals surface area contributed by atoms with Crippen LogP contribution in [0, 0.1) is 11.3 Å². The van der Waals surface area contributed by atoms with E-state index in [1.54, 1.807) is 5.57 Å². The van der Waals surface area contributed by atoms with Gasteiger partial charge in [-0.2, -0.15) is 0 Å². The van der Waals surface area contributed by atoms with Crippen molar-refractivity contribution < 1.29 is 4.79 Å². The lowest BCUT2D eigenvalue weighted by Crippen LogP contribution is -2.26. The number of ketones is 1. The highest BCUT2D eigenvalue weighted by atomic mass is 16.1. The molecule has 3 rings (SSSR count). The Morgan fingerprint density at radius 1 is 1.20 bits per heavy atom. The van der Waals surface area contributed by atoms with E-state index in [0.29, 0.717) is 11.2 Å². The SMILES string of the molecule is CC1=C(C)C2=C(C)C3(CC3)CC(=O)C2C1. The Bertz CT molecular complexity index is 419. The summed E-state index contributed by atoms with van der Waals surface area (Å²) in [4.78, 5) is 12.1. The largest absolute Gasteiger partial charge is 0.299 e. The second-order valence-electron chi connectivity index (χ2n) is 5.62. The summed E-state index contributed by atoms with van der Waals surface area (Å²) in [5, 5.41) is 0. The molecule has 1 atom stereocenters. The van der Waals surface area contributed by atoms with E-state index in [4.69, 9.17) is 0 Å². The molecule has 1 heteroatoms. The first-order chi connectivity index (χ1) is 7.05. The number of carbonyl (C=O) groups is 1.